The topological polar surface area (TPSA) is 78.5 Å². The second kappa shape index (κ2) is 6.07. The van der Waals surface area contributed by atoms with E-state index in [-0.39, 0.29) is 24.4 Å². The maximum absolute atomic E-state index is 12.0. The molecule has 108 valence electrons. The number of rotatable bonds is 3. The van der Waals surface area contributed by atoms with Gasteiger partial charge in [-0.3, -0.25) is 15.0 Å². The molecule has 0 spiro atoms. The molecule has 2 rings (SSSR count). The Kier molecular flexibility index (Phi) is 4.42. The molecule has 6 heteroatoms. The number of morpholine rings is 1. The number of furan rings is 1. The van der Waals surface area contributed by atoms with Gasteiger partial charge in [0.05, 0.1) is 19.3 Å². The Balaban J connectivity index is 1.98. The standard InChI is InChI=1S/C14H19N3O3/c1-9-7-17(4-5-19-9)8-13(18)16-14-12(6-15)10(2)11(3)20-14/h9H,4-5,7-8H2,1-3H3,(H,16,18). The zero-order chi connectivity index (χ0) is 14.7. The van der Waals surface area contributed by atoms with E-state index in [1.54, 1.807) is 13.8 Å². The van der Waals surface area contributed by atoms with Crippen LogP contribution in [-0.2, 0) is 9.53 Å². The summed E-state index contributed by atoms with van der Waals surface area (Å²) in [6.45, 7) is 7.94. The molecule has 0 radical (unpaired) electrons. The van der Waals surface area contributed by atoms with Crippen molar-refractivity contribution in [1.82, 2.24) is 4.90 Å². The van der Waals surface area contributed by atoms with Crippen molar-refractivity contribution in [2.75, 3.05) is 31.6 Å². The van der Waals surface area contributed by atoms with Crippen LogP contribution in [0.5, 0.6) is 0 Å². The molecule has 1 saturated heterocycles. The number of carbonyl (C=O) groups excluding carboxylic acids is 1. The second-order valence-corrected chi connectivity index (χ2v) is 5.06. The van der Waals surface area contributed by atoms with Gasteiger partial charge in [-0.15, -0.1) is 0 Å². The fourth-order valence-electron chi connectivity index (χ4n) is 2.25. The van der Waals surface area contributed by atoms with Crippen molar-refractivity contribution in [2.45, 2.75) is 26.9 Å². The van der Waals surface area contributed by atoms with Crippen LogP contribution in [0.25, 0.3) is 0 Å². The van der Waals surface area contributed by atoms with Crippen molar-refractivity contribution >= 4 is 11.8 Å². The largest absolute Gasteiger partial charge is 0.444 e. The summed E-state index contributed by atoms with van der Waals surface area (Å²) in [6, 6.07) is 2.06. The lowest BCUT2D eigenvalue weighted by Crippen LogP contribution is -2.44. The van der Waals surface area contributed by atoms with Crippen molar-refractivity contribution in [3.8, 4) is 6.07 Å². The van der Waals surface area contributed by atoms with Crippen molar-refractivity contribution < 1.29 is 13.9 Å². The van der Waals surface area contributed by atoms with Gasteiger partial charge in [-0.25, -0.2) is 0 Å². The zero-order valence-corrected chi connectivity index (χ0v) is 12.0. The zero-order valence-electron chi connectivity index (χ0n) is 12.0. The monoisotopic (exact) mass is 277 g/mol. The second-order valence-electron chi connectivity index (χ2n) is 5.06. The molecule has 1 aromatic rings. The first-order chi connectivity index (χ1) is 9.51. The number of nitrogens with one attached hydrogen (secondary N) is 1. The van der Waals surface area contributed by atoms with Gasteiger partial charge in [0.2, 0.25) is 11.8 Å². The molecule has 1 aliphatic rings. The SMILES string of the molecule is Cc1oc(NC(=O)CN2CCOC(C)C2)c(C#N)c1C. The first kappa shape index (κ1) is 14.6. The van der Waals surface area contributed by atoms with E-state index in [1.807, 2.05) is 11.8 Å². The third-order valence-corrected chi connectivity index (χ3v) is 3.44. The number of amides is 1. The molecule has 0 saturated carbocycles. The fraction of sp³-hybridized carbons (Fsp3) is 0.571. The Labute approximate surface area is 118 Å². The normalized spacial score (nSPS) is 19.6. The lowest BCUT2D eigenvalue weighted by Gasteiger charge is -2.30. The summed E-state index contributed by atoms with van der Waals surface area (Å²) in [5.74, 6) is 0.718. The summed E-state index contributed by atoms with van der Waals surface area (Å²) in [5.41, 5.74) is 1.16. The third kappa shape index (κ3) is 3.18. The van der Waals surface area contributed by atoms with Crippen LogP contribution < -0.4 is 5.32 Å². The first-order valence-corrected chi connectivity index (χ1v) is 6.65. The van der Waals surface area contributed by atoms with Crippen LogP contribution >= 0.6 is 0 Å². The minimum atomic E-state index is -0.177. The highest BCUT2D eigenvalue weighted by Gasteiger charge is 2.21. The van der Waals surface area contributed by atoms with E-state index in [9.17, 15) is 4.79 Å². The number of nitriles is 1. The number of hydrogen-bond donors (Lipinski definition) is 1. The quantitative estimate of drug-likeness (QED) is 0.904. The van der Waals surface area contributed by atoms with E-state index in [2.05, 4.69) is 11.4 Å². The van der Waals surface area contributed by atoms with Gasteiger partial charge in [0.15, 0.2) is 0 Å². The molecular formula is C14H19N3O3. The van der Waals surface area contributed by atoms with E-state index in [1.165, 1.54) is 0 Å². The number of aryl methyl sites for hydroxylation is 1. The van der Waals surface area contributed by atoms with Gasteiger partial charge in [0.25, 0.3) is 0 Å². The molecule has 1 unspecified atom stereocenters. The van der Waals surface area contributed by atoms with E-state index < -0.39 is 0 Å². The van der Waals surface area contributed by atoms with E-state index >= 15 is 0 Å². The molecule has 6 nitrogen and oxygen atoms in total. The maximum Gasteiger partial charge on any atom is 0.240 e. The van der Waals surface area contributed by atoms with Crippen molar-refractivity contribution in [1.29, 1.82) is 5.26 Å². The molecule has 2 heterocycles. The van der Waals surface area contributed by atoms with E-state index in [4.69, 9.17) is 14.4 Å². The van der Waals surface area contributed by atoms with Crippen molar-refractivity contribution in [3.05, 3.63) is 16.9 Å². The molecule has 1 amide bonds. The molecule has 20 heavy (non-hydrogen) atoms. The smallest absolute Gasteiger partial charge is 0.240 e. The minimum Gasteiger partial charge on any atom is -0.444 e. The van der Waals surface area contributed by atoms with Crippen LogP contribution in [0.3, 0.4) is 0 Å². The predicted molar refractivity (Wildman–Crippen MR) is 73.4 cm³/mol. The molecule has 1 N–H and O–H groups in total. The maximum atomic E-state index is 12.0. The summed E-state index contributed by atoms with van der Waals surface area (Å²) >= 11 is 0. The van der Waals surface area contributed by atoms with Crippen LogP contribution in [0.4, 0.5) is 5.88 Å². The highest BCUT2D eigenvalue weighted by molar-refractivity contribution is 5.92. The molecule has 1 aromatic heterocycles. The van der Waals surface area contributed by atoms with Crippen LogP contribution in [0.1, 0.15) is 23.8 Å². The van der Waals surface area contributed by atoms with E-state index in [0.717, 1.165) is 18.7 Å². The summed E-state index contributed by atoms with van der Waals surface area (Å²) < 4.78 is 10.8. The Morgan fingerprint density at radius 1 is 1.55 bits per heavy atom. The number of carbonyl (C=O) groups is 1. The Hall–Kier alpha value is -1.84. The molecule has 1 fully saturated rings. The molecule has 0 aromatic carbocycles. The molecule has 1 aliphatic heterocycles. The number of anilines is 1. The number of hydrogen-bond acceptors (Lipinski definition) is 5. The van der Waals surface area contributed by atoms with Gasteiger partial charge in [-0.05, 0) is 20.8 Å². The molecular weight excluding hydrogens is 258 g/mol. The molecule has 0 aliphatic carbocycles. The van der Waals surface area contributed by atoms with Crippen LogP contribution in [-0.4, -0.2) is 43.2 Å². The average Bonchev–Trinajstić information content (AvgIpc) is 2.64. The summed E-state index contributed by atoms with van der Waals surface area (Å²) in [4.78, 5) is 14.0. The predicted octanol–water partition coefficient (Wildman–Crippen LogP) is 1.43. The third-order valence-electron chi connectivity index (χ3n) is 3.44. The summed E-state index contributed by atoms with van der Waals surface area (Å²) in [5, 5.41) is 11.8. The van der Waals surface area contributed by atoms with E-state index in [0.29, 0.717) is 17.9 Å². The summed E-state index contributed by atoms with van der Waals surface area (Å²) in [7, 11) is 0. The lowest BCUT2D eigenvalue weighted by atomic mass is 10.2. The van der Waals surface area contributed by atoms with Gasteiger partial charge >= 0.3 is 0 Å². The van der Waals surface area contributed by atoms with Crippen molar-refractivity contribution in [3.63, 3.8) is 0 Å². The Morgan fingerprint density at radius 2 is 2.30 bits per heavy atom. The summed E-state index contributed by atoms with van der Waals surface area (Å²) in [6.07, 6.45) is 0.138. The fourth-order valence-corrected chi connectivity index (χ4v) is 2.25. The highest BCUT2D eigenvalue weighted by atomic mass is 16.5. The Bertz CT molecular complexity index is 545. The lowest BCUT2D eigenvalue weighted by molar-refractivity contribution is -0.119. The highest BCUT2D eigenvalue weighted by Crippen LogP contribution is 2.25. The number of ether oxygens (including phenoxy) is 1. The molecule has 0 bridgehead atoms. The first-order valence-electron chi connectivity index (χ1n) is 6.65. The molecule has 1 atom stereocenters. The van der Waals surface area contributed by atoms with Gasteiger partial charge < -0.3 is 9.15 Å². The van der Waals surface area contributed by atoms with Gasteiger partial charge in [0.1, 0.15) is 17.4 Å². The average molecular weight is 277 g/mol. The van der Waals surface area contributed by atoms with Crippen LogP contribution in [0.2, 0.25) is 0 Å². The van der Waals surface area contributed by atoms with Crippen molar-refractivity contribution in [2.24, 2.45) is 0 Å². The van der Waals surface area contributed by atoms with Gasteiger partial charge in [-0.1, -0.05) is 0 Å². The Morgan fingerprint density at radius 3 is 2.95 bits per heavy atom. The number of nitrogens with zero attached hydrogens (tertiary/aromatic N) is 2. The minimum absolute atomic E-state index is 0.138. The van der Waals surface area contributed by atoms with Gasteiger partial charge in [0, 0.05) is 18.7 Å². The van der Waals surface area contributed by atoms with Gasteiger partial charge in [-0.2, -0.15) is 5.26 Å². The van der Waals surface area contributed by atoms with Crippen LogP contribution in [0.15, 0.2) is 4.42 Å². The van der Waals surface area contributed by atoms with Crippen LogP contribution in [0, 0.1) is 25.2 Å².